The zero-order valence-electron chi connectivity index (χ0n) is 16.3. The molecule has 0 saturated heterocycles. The fraction of sp³-hybridized carbons (Fsp3) is 0.222. The first-order valence-electron chi connectivity index (χ1n) is 8.98. The average Bonchev–Trinajstić information content (AvgIpc) is 2.72. The van der Waals surface area contributed by atoms with Crippen molar-refractivity contribution in [2.75, 3.05) is 24.7 Å². The number of amides is 1. The summed E-state index contributed by atoms with van der Waals surface area (Å²) in [6, 6.07) is 10.2. The molecule has 0 bridgehead atoms. The second-order valence-corrected chi connectivity index (χ2v) is 8.57. The maximum Gasteiger partial charge on any atom is 0.293 e. The van der Waals surface area contributed by atoms with Crippen LogP contribution in [0.15, 0.2) is 52.2 Å². The third-order valence-electron chi connectivity index (χ3n) is 4.28. The van der Waals surface area contributed by atoms with E-state index in [1.807, 2.05) is 0 Å². The maximum atomic E-state index is 12.3. The quantitative estimate of drug-likeness (QED) is 0.281. The van der Waals surface area contributed by atoms with E-state index in [1.54, 1.807) is 24.3 Å². The summed E-state index contributed by atoms with van der Waals surface area (Å²) in [4.78, 5) is 34.8. The van der Waals surface area contributed by atoms with Crippen LogP contribution in [0.5, 0.6) is 0 Å². The van der Waals surface area contributed by atoms with E-state index in [2.05, 4.69) is 20.9 Å². The number of aromatic nitrogens is 3. The lowest BCUT2D eigenvalue weighted by atomic mass is 10.2. The summed E-state index contributed by atoms with van der Waals surface area (Å²) in [5.74, 6) is -0.490. The van der Waals surface area contributed by atoms with Crippen LogP contribution < -0.4 is 16.2 Å². The van der Waals surface area contributed by atoms with Gasteiger partial charge in [-0.25, -0.2) is 13.1 Å². The molecule has 0 unspecified atom stereocenters. The van der Waals surface area contributed by atoms with E-state index in [0.717, 1.165) is 17.0 Å². The summed E-state index contributed by atoms with van der Waals surface area (Å²) in [5, 5.41) is 24.5. The van der Waals surface area contributed by atoms with Crippen LogP contribution in [0.3, 0.4) is 0 Å². The van der Waals surface area contributed by atoms with E-state index < -0.39 is 31.9 Å². The zero-order valence-corrected chi connectivity index (χ0v) is 17.1. The lowest BCUT2D eigenvalue weighted by Gasteiger charge is -2.10. The molecule has 0 radical (unpaired) electrons. The van der Waals surface area contributed by atoms with Crippen molar-refractivity contribution in [3.05, 3.63) is 62.9 Å². The van der Waals surface area contributed by atoms with Crippen molar-refractivity contribution in [1.29, 1.82) is 0 Å². The molecule has 3 aromatic rings. The number of rotatable bonds is 8. The molecule has 0 aliphatic rings. The van der Waals surface area contributed by atoms with Crippen molar-refractivity contribution in [3.63, 3.8) is 0 Å². The number of nitrogens with zero attached hydrogens (tertiary/aromatic N) is 4. The summed E-state index contributed by atoms with van der Waals surface area (Å²) in [6.45, 7) is -0.109. The Morgan fingerprint density at radius 3 is 2.65 bits per heavy atom. The molecule has 1 amide bonds. The molecular formula is C18H18N6O6S. The van der Waals surface area contributed by atoms with E-state index in [4.69, 9.17) is 0 Å². The van der Waals surface area contributed by atoms with Crippen molar-refractivity contribution < 1.29 is 18.1 Å². The maximum absolute atomic E-state index is 12.3. The molecule has 12 nitrogen and oxygen atoms in total. The first-order chi connectivity index (χ1) is 14.7. The van der Waals surface area contributed by atoms with E-state index in [9.17, 15) is 28.1 Å². The van der Waals surface area contributed by atoms with E-state index in [1.165, 1.54) is 12.1 Å². The van der Waals surface area contributed by atoms with Gasteiger partial charge in [-0.3, -0.25) is 19.7 Å². The third-order valence-corrected chi connectivity index (χ3v) is 5.39. The molecule has 162 valence electrons. The normalized spacial score (nSPS) is 11.3. The lowest BCUT2D eigenvalue weighted by molar-refractivity contribution is -0.384. The van der Waals surface area contributed by atoms with Gasteiger partial charge in [0.05, 0.1) is 15.2 Å². The van der Waals surface area contributed by atoms with Gasteiger partial charge in [0, 0.05) is 25.4 Å². The minimum atomic E-state index is -3.59. The Labute approximate surface area is 176 Å². The zero-order chi connectivity index (χ0) is 22.6. The number of hydrogen-bond donors (Lipinski definition) is 2. The van der Waals surface area contributed by atoms with Crippen LogP contribution in [0.25, 0.3) is 10.9 Å². The molecule has 2 N–H and O–H groups in total. The molecule has 31 heavy (non-hydrogen) atoms. The van der Waals surface area contributed by atoms with Gasteiger partial charge >= 0.3 is 0 Å². The van der Waals surface area contributed by atoms with Crippen molar-refractivity contribution in [3.8, 4) is 0 Å². The van der Waals surface area contributed by atoms with Gasteiger partial charge in [-0.2, -0.15) is 0 Å². The fourth-order valence-electron chi connectivity index (χ4n) is 2.76. The first kappa shape index (κ1) is 21.8. The van der Waals surface area contributed by atoms with Crippen molar-refractivity contribution in [2.45, 2.75) is 11.4 Å². The number of sulfone groups is 1. The smallest absolute Gasteiger partial charge is 0.293 e. The molecule has 0 spiro atoms. The predicted molar refractivity (Wildman–Crippen MR) is 112 cm³/mol. The van der Waals surface area contributed by atoms with Crippen LogP contribution in [0, 0.1) is 10.1 Å². The summed E-state index contributed by atoms with van der Waals surface area (Å²) < 4.78 is 24.1. The molecule has 0 saturated carbocycles. The third kappa shape index (κ3) is 5.19. The van der Waals surface area contributed by atoms with Crippen molar-refractivity contribution >= 4 is 38.0 Å². The number of nitro benzene ring substituents is 1. The van der Waals surface area contributed by atoms with Gasteiger partial charge in [0.15, 0.2) is 9.84 Å². The van der Waals surface area contributed by atoms with Crippen LogP contribution in [0.1, 0.15) is 0 Å². The summed E-state index contributed by atoms with van der Waals surface area (Å²) in [6.07, 6.45) is 0.958. The van der Waals surface area contributed by atoms with Gasteiger partial charge in [0.2, 0.25) is 5.91 Å². The van der Waals surface area contributed by atoms with Gasteiger partial charge in [-0.05, 0) is 24.3 Å². The topological polar surface area (TPSA) is 166 Å². The number of fused-ring (bicyclic) bond motifs is 1. The number of nitrogens with one attached hydrogen (secondary N) is 2. The SMILES string of the molecule is CS(=O)(=O)c1ccc(NCCNC(=O)Cn2nnc3ccccc3c2=O)c([N+](=O)[O-])c1. The molecule has 0 fully saturated rings. The van der Waals surface area contributed by atoms with Crippen LogP contribution in [0.4, 0.5) is 11.4 Å². The number of hydrogen-bond acceptors (Lipinski definition) is 9. The van der Waals surface area contributed by atoms with Gasteiger partial charge in [0.25, 0.3) is 11.2 Å². The number of anilines is 1. The summed E-state index contributed by atoms with van der Waals surface area (Å²) in [5.41, 5.74) is -0.298. The van der Waals surface area contributed by atoms with Crippen LogP contribution in [0.2, 0.25) is 0 Å². The predicted octanol–water partition coefficient (Wildman–Crippen LogP) is 0.332. The minimum Gasteiger partial charge on any atom is -0.378 e. The minimum absolute atomic E-state index is 0.0968. The van der Waals surface area contributed by atoms with Gasteiger partial charge < -0.3 is 10.6 Å². The first-order valence-corrected chi connectivity index (χ1v) is 10.9. The highest BCUT2D eigenvalue weighted by Crippen LogP contribution is 2.27. The second kappa shape index (κ2) is 8.87. The molecule has 1 aromatic heterocycles. The average molecular weight is 446 g/mol. The van der Waals surface area contributed by atoms with Crippen molar-refractivity contribution in [2.24, 2.45) is 0 Å². The Kier molecular flexibility index (Phi) is 6.25. The summed E-state index contributed by atoms with van der Waals surface area (Å²) >= 11 is 0. The monoisotopic (exact) mass is 446 g/mol. The highest BCUT2D eigenvalue weighted by molar-refractivity contribution is 7.90. The van der Waals surface area contributed by atoms with Gasteiger partial charge in [0.1, 0.15) is 17.7 Å². The Balaban J connectivity index is 1.59. The largest absolute Gasteiger partial charge is 0.378 e. The van der Waals surface area contributed by atoms with E-state index >= 15 is 0 Å². The van der Waals surface area contributed by atoms with Crippen LogP contribution in [-0.2, 0) is 21.2 Å². The molecule has 3 rings (SSSR count). The number of nitro groups is 1. The highest BCUT2D eigenvalue weighted by atomic mass is 32.2. The van der Waals surface area contributed by atoms with Crippen molar-refractivity contribution in [1.82, 2.24) is 20.3 Å². The second-order valence-electron chi connectivity index (χ2n) is 6.55. The summed E-state index contributed by atoms with van der Waals surface area (Å²) in [7, 11) is -3.59. The highest BCUT2D eigenvalue weighted by Gasteiger charge is 2.18. The van der Waals surface area contributed by atoms with Gasteiger partial charge in [-0.15, -0.1) is 5.10 Å². The van der Waals surface area contributed by atoms with Gasteiger partial charge in [-0.1, -0.05) is 17.3 Å². The molecule has 2 aromatic carbocycles. The Morgan fingerprint density at radius 1 is 1.19 bits per heavy atom. The molecule has 1 heterocycles. The Morgan fingerprint density at radius 2 is 1.94 bits per heavy atom. The molecule has 0 aliphatic carbocycles. The number of benzene rings is 2. The van der Waals surface area contributed by atoms with Crippen LogP contribution >= 0.6 is 0 Å². The standard InChI is InChI=1S/C18H18N6O6S/c1-31(29,30)12-6-7-15(16(10-12)24(27)28)19-8-9-20-17(25)11-23-18(26)13-4-2-3-5-14(13)21-22-23/h2-7,10,19H,8-9,11H2,1H3,(H,20,25). The molecule has 13 heteroatoms. The molecule has 0 aliphatic heterocycles. The molecule has 0 atom stereocenters. The van der Waals surface area contributed by atoms with E-state index in [-0.39, 0.29) is 30.2 Å². The number of carbonyl (C=O) groups excluding carboxylic acids is 1. The Hall–Kier alpha value is -3.87. The lowest BCUT2D eigenvalue weighted by Crippen LogP contribution is -2.36. The fourth-order valence-corrected chi connectivity index (χ4v) is 3.40. The van der Waals surface area contributed by atoms with E-state index in [0.29, 0.717) is 10.9 Å². The van der Waals surface area contributed by atoms with Crippen LogP contribution in [-0.4, -0.2) is 53.6 Å². The Bertz CT molecular complexity index is 1320. The number of carbonyl (C=O) groups is 1. The molecular weight excluding hydrogens is 428 g/mol.